The van der Waals surface area contributed by atoms with Crippen molar-refractivity contribution < 1.29 is 23.8 Å². The van der Waals surface area contributed by atoms with Crippen LogP contribution in [0.1, 0.15) is 46.6 Å². The number of anilines is 1. The fourth-order valence-electron chi connectivity index (χ4n) is 3.70. The van der Waals surface area contributed by atoms with Crippen LogP contribution >= 0.6 is 0 Å². The second-order valence-electron chi connectivity index (χ2n) is 8.39. The quantitative estimate of drug-likeness (QED) is 0.438. The monoisotopic (exact) mass is 466 g/mol. The molecule has 1 aliphatic rings. The molecule has 7 heteroatoms. The van der Waals surface area contributed by atoms with Gasteiger partial charge in [0.2, 0.25) is 0 Å². The van der Waals surface area contributed by atoms with Gasteiger partial charge < -0.3 is 19.5 Å². The van der Waals surface area contributed by atoms with Crippen LogP contribution in [0.15, 0.2) is 48.2 Å². The van der Waals surface area contributed by atoms with Gasteiger partial charge in [0.1, 0.15) is 11.4 Å². The van der Waals surface area contributed by atoms with Gasteiger partial charge in [-0.15, -0.1) is 0 Å². The van der Waals surface area contributed by atoms with E-state index in [1.54, 1.807) is 12.1 Å². The number of rotatable bonds is 12. The lowest BCUT2D eigenvalue weighted by molar-refractivity contribution is -0.137. The fourth-order valence-corrected chi connectivity index (χ4v) is 3.70. The van der Waals surface area contributed by atoms with Crippen molar-refractivity contribution in [1.82, 2.24) is 4.90 Å². The van der Waals surface area contributed by atoms with E-state index in [0.29, 0.717) is 54.7 Å². The Labute approximate surface area is 201 Å². The van der Waals surface area contributed by atoms with Gasteiger partial charge in [-0.05, 0) is 56.0 Å². The van der Waals surface area contributed by atoms with Gasteiger partial charge in [0.05, 0.1) is 25.4 Å². The van der Waals surface area contributed by atoms with Crippen LogP contribution in [0, 0.1) is 5.92 Å². The first-order valence-corrected chi connectivity index (χ1v) is 11.9. The Morgan fingerprint density at radius 1 is 0.853 bits per heavy atom. The molecule has 0 atom stereocenters. The van der Waals surface area contributed by atoms with Crippen molar-refractivity contribution in [3.05, 3.63) is 53.7 Å². The summed E-state index contributed by atoms with van der Waals surface area (Å²) in [6, 6.07) is 12.7. The maximum Gasteiger partial charge on any atom is 0.278 e. The lowest BCUT2D eigenvalue weighted by Gasteiger charge is -2.17. The third-order valence-corrected chi connectivity index (χ3v) is 5.14. The Bertz CT molecular complexity index is 1040. The van der Waals surface area contributed by atoms with E-state index >= 15 is 0 Å². The highest BCUT2D eigenvalue weighted by molar-refractivity contribution is 6.36. The Kier molecular flexibility index (Phi) is 8.57. The predicted molar refractivity (Wildman–Crippen MR) is 133 cm³/mol. The molecule has 2 aromatic rings. The number of hydrogen-bond acceptors (Lipinski definition) is 6. The predicted octanol–water partition coefficient (Wildman–Crippen LogP) is 5.12. The van der Waals surface area contributed by atoms with Gasteiger partial charge in [-0.2, -0.15) is 0 Å². The standard InChI is InChI=1S/C27H34N2O5/c1-6-15-34-21-12-9-19(10-13-21)24-25(27(31)29(26(24)30)17-18(4)5)28-20-11-14-22(32-7-2)23(16-20)33-8-3/h9-14,16,18,28H,6-8,15,17H2,1-5H3. The molecule has 182 valence electrons. The molecule has 0 aromatic heterocycles. The normalized spacial score (nSPS) is 13.6. The van der Waals surface area contributed by atoms with E-state index < -0.39 is 0 Å². The molecular formula is C27H34N2O5. The van der Waals surface area contributed by atoms with E-state index in [-0.39, 0.29) is 23.4 Å². The minimum atomic E-state index is -0.341. The molecule has 1 aliphatic heterocycles. The summed E-state index contributed by atoms with van der Waals surface area (Å²) in [7, 11) is 0. The van der Waals surface area contributed by atoms with Crippen LogP contribution in [0.3, 0.4) is 0 Å². The first-order valence-electron chi connectivity index (χ1n) is 11.9. The summed E-state index contributed by atoms with van der Waals surface area (Å²) in [6.07, 6.45) is 0.907. The molecule has 0 aliphatic carbocycles. The van der Waals surface area contributed by atoms with E-state index in [2.05, 4.69) is 5.32 Å². The topological polar surface area (TPSA) is 77.1 Å². The number of carbonyl (C=O) groups excluding carboxylic acids is 2. The lowest BCUT2D eigenvalue weighted by atomic mass is 10.0. The average molecular weight is 467 g/mol. The molecule has 7 nitrogen and oxygen atoms in total. The van der Waals surface area contributed by atoms with Gasteiger partial charge in [-0.3, -0.25) is 14.5 Å². The van der Waals surface area contributed by atoms with Crippen molar-refractivity contribution in [2.24, 2.45) is 5.92 Å². The van der Waals surface area contributed by atoms with E-state index in [1.807, 2.05) is 65.0 Å². The van der Waals surface area contributed by atoms with E-state index in [1.165, 1.54) is 4.90 Å². The number of ether oxygens (including phenoxy) is 3. The highest BCUT2D eigenvalue weighted by atomic mass is 16.5. The molecule has 0 saturated heterocycles. The summed E-state index contributed by atoms with van der Waals surface area (Å²) in [5, 5.41) is 3.19. The zero-order valence-corrected chi connectivity index (χ0v) is 20.6. The Balaban J connectivity index is 2.00. The molecule has 1 heterocycles. The number of imide groups is 1. The zero-order valence-electron chi connectivity index (χ0n) is 20.6. The van der Waals surface area contributed by atoms with Crippen LogP contribution in [0.4, 0.5) is 5.69 Å². The van der Waals surface area contributed by atoms with E-state index in [0.717, 1.165) is 12.2 Å². The summed E-state index contributed by atoms with van der Waals surface area (Å²) in [6.45, 7) is 11.8. The number of carbonyl (C=O) groups is 2. The largest absolute Gasteiger partial charge is 0.494 e. The molecular weight excluding hydrogens is 432 g/mol. The van der Waals surface area contributed by atoms with E-state index in [4.69, 9.17) is 14.2 Å². The maximum absolute atomic E-state index is 13.3. The number of hydrogen-bond donors (Lipinski definition) is 1. The molecule has 0 spiro atoms. The van der Waals surface area contributed by atoms with Gasteiger partial charge in [0.25, 0.3) is 11.8 Å². The smallest absolute Gasteiger partial charge is 0.278 e. The van der Waals surface area contributed by atoms with Crippen LogP contribution in [-0.2, 0) is 9.59 Å². The Hall–Kier alpha value is -3.48. The van der Waals surface area contributed by atoms with Gasteiger partial charge >= 0.3 is 0 Å². The highest BCUT2D eigenvalue weighted by Gasteiger charge is 2.39. The third kappa shape index (κ3) is 5.71. The van der Waals surface area contributed by atoms with Crippen LogP contribution in [-0.4, -0.2) is 43.1 Å². The van der Waals surface area contributed by atoms with Gasteiger partial charge in [0.15, 0.2) is 11.5 Å². The van der Waals surface area contributed by atoms with Crippen LogP contribution in [0.25, 0.3) is 5.57 Å². The maximum atomic E-state index is 13.3. The first kappa shape index (κ1) is 25.1. The SMILES string of the molecule is CCCOc1ccc(C2=C(Nc3ccc(OCC)c(OCC)c3)C(=O)N(CC(C)C)C2=O)cc1. The molecule has 0 fully saturated rings. The number of amides is 2. The van der Waals surface area contributed by atoms with Crippen LogP contribution in [0.2, 0.25) is 0 Å². The molecule has 0 unspecified atom stereocenters. The fraction of sp³-hybridized carbons (Fsp3) is 0.407. The number of nitrogens with one attached hydrogen (secondary N) is 1. The van der Waals surface area contributed by atoms with Crippen molar-refractivity contribution in [2.75, 3.05) is 31.7 Å². The molecule has 3 rings (SSSR count). The minimum absolute atomic E-state index is 0.147. The molecule has 0 bridgehead atoms. The molecule has 0 saturated carbocycles. The minimum Gasteiger partial charge on any atom is -0.494 e. The van der Waals surface area contributed by atoms with E-state index in [9.17, 15) is 9.59 Å². The van der Waals surface area contributed by atoms with Gasteiger partial charge in [-0.1, -0.05) is 32.9 Å². The van der Waals surface area contributed by atoms with Crippen molar-refractivity contribution in [3.63, 3.8) is 0 Å². The Morgan fingerprint density at radius 2 is 1.53 bits per heavy atom. The molecule has 2 amide bonds. The molecule has 34 heavy (non-hydrogen) atoms. The highest BCUT2D eigenvalue weighted by Crippen LogP contribution is 2.35. The van der Waals surface area contributed by atoms with Crippen molar-refractivity contribution >= 4 is 23.1 Å². The van der Waals surface area contributed by atoms with Gasteiger partial charge in [0, 0.05) is 18.3 Å². The average Bonchev–Trinajstić information content (AvgIpc) is 3.04. The van der Waals surface area contributed by atoms with Crippen molar-refractivity contribution in [1.29, 1.82) is 0 Å². The summed E-state index contributed by atoms with van der Waals surface area (Å²) >= 11 is 0. The Morgan fingerprint density at radius 3 is 2.15 bits per heavy atom. The second-order valence-corrected chi connectivity index (χ2v) is 8.39. The summed E-state index contributed by atoms with van der Waals surface area (Å²) in [5.74, 6) is 1.43. The summed E-state index contributed by atoms with van der Waals surface area (Å²) < 4.78 is 17.0. The molecule has 0 radical (unpaired) electrons. The summed E-state index contributed by atoms with van der Waals surface area (Å²) in [4.78, 5) is 28.0. The lowest BCUT2D eigenvalue weighted by Crippen LogP contribution is -2.35. The second kappa shape index (κ2) is 11.6. The van der Waals surface area contributed by atoms with Crippen LogP contribution in [0.5, 0.6) is 17.2 Å². The van der Waals surface area contributed by atoms with Crippen molar-refractivity contribution in [3.8, 4) is 17.2 Å². The molecule has 2 aromatic carbocycles. The van der Waals surface area contributed by atoms with Gasteiger partial charge in [-0.25, -0.2) is 0 Å². The summed E-state index contributed by atoms with van der Waals surface area (Å²) in [5.41, 5.74) is 1.89. The van der Waals surface area contributed by atoms with Crippen LogP contribution < -0.4 is 19.5 Å². The zero-order chi connectivity index (χ0) is 24.7. The molecule has 1 N–H and O–H groups in total. The van der Waals surface area contributed by atoms with Crippen molar-refractivity contribution in [2.45, 2.75) is 41.0 Å². The number of benzene rings is 2. The number of nitrogens with zero attached hydrogens (tertiary/aromatic N) is 1. The first-order chi connectivity index (χ1) is 16.4. The third-order valence-electron chi connectivity index (χ3n) is 5.14.